The number of hydrogen-bond acceptors (Lipinski definition) is 6. The predicted octanol–water partition coefficient (Wildman–Crippen LogP) is -0.257. The van der Waals surface area contributed by atoms with Crippen LogP contribution in [0.2, 0.25) is 0 Å². The van der Waals surface area contributed by atoms with Gasteiger partial charge in [-0.25, -0.2) is 0 Å². The zero-order chi connectivity index (χ0) is 14.3. The Hall–Kier alpha value is -1.28. The molecule has 0 aromatic heterocycles. The Morgan fingerprint density at radius 3 is 2.17 bits per heavy atom. The molecule has 0 heterocycles. The maximum absolute atomic E-state index is 11.6. The normalized spacial score (nSPS) is 25.3. The second kappa shape index (κ2) is 4.43. The molecule has 18 heavy (non-hydrogen) atoms. The monoisotopic (exact) mass is 278 g/mol. The first kappa shape index (κ1) is 14.8. The molecule has 7 nitrogen and oxygen atoms in total. The Balaban J connectivity index is 2.91. The van der Waals surface area contributed by atoms with Crippen molar-refractivity contribution in [3.63, 3.8) is 0 Å². The lowest BCUT2D eigenvalue weighted by atomic mass is 9.97. The number of carbonyl (C=O) groups is 3. The molecule has 0 radical (unpaired) electrons. The molecule has 1 rings (SSSR count). The average Bonchev–Trinajstić information content (AvgIpc) is 2.43. The van der Waals surface area contributed by atoms with Crippen molar-refractivity contribution >= 4 is 27.7 Å². The van der Waals surface area contributed by atoms with Crippen LogP contribution < -0.4 is 0 Å². The number of hydrogen-bond donors (Lipinski definition) is 1. The molecule has 1 aliphatic carbocycles. The molecule has 0 saturated heterocycles. The number of Topliss-reactive ketones (excluding diaryl/α,β-unsaturated/α-hetero) is 2. The van der Waals surface area contributed by atoms with Crippen molar-refractivity contribution in [2.45, 2.75) is 38.5 Å². The van der Waals surface area contributed by atoms with Gasteiger partial charge >= 0.3 is 5.97 Å². The Bertz CT molecular complexity index is 497. The molecule has 0 amide bonds. The lowest BCUT2D eigenvalue weighted by molar-refractivity contribution is -0.164. The zero-order valence-electron chi connectivity index (χ0n) is 10.2. The van der Waals surface area contributed by atoms with Crippen LogP contribution in [0.4, 0.5) is 0 Å². The molecular formula is C10H14O7S. The summed E-state index contributed by atoms with van der Waals surface area (Å²) in [5, 5.41) is -1.83. The van der Waals surface area contributed by atoms with Gasteiger partial charge in [-0.1, -0.05) is 0 Å². The second-order valence-electron chi connectivity index (χ2n) is 5.11. The van der Waals surface area contributed by atoms with Crippen molar-refractivity contribution in [2.75, 3.05) is 0 Å². The SMILES string of the molecule is CC(C)(C)C(=O)OC1C(=O)CC(S(=O)(=O)O)C1=O. The molecule has 8 heteroatoms. The van der Waals surface area contributed by atoms with E-state index in [1.807, 2.05) is 0 Å². The van der Waals surface area contributed by atoms with E-state index in [9.17, 15) is 22.8 Å². The first-order chi connectivity index (χ1) is 7.94. The number of ether oxygens (including phenoxy) is 1. The highest BCUT2D eigenvalue weighted by molar-refractivity contribution is 7.87. The molecule has 0 aromatic carbocycles. The summed E-state index contributed by atoms with van der Waals surface area (Å²) in [7, 11) is -4.65. The van der Waals surface area contributed by atoms with Crippen LogP contribution in [-0.2, 0) is 29.2 Å². The quantitative estimate of drug-likeness (QED) is 0.420. The fraction of sp³-hybridized carbons (Fsp3) is 0.700. The van der Waals surface area contributed by atoms with Gasteiger partial charge in [0, 0.05) is 6.42 Å². The summed E-state index contributed by atoms with van der Waals surface area (Å²) in [5.74, 6) is -2.70. The lowest BCUT2D eigenvalue weighted by Crippen LogP contribution is -2.37. The molecule has 1 N–H and O–H groups in total. The third-order valence-electron chi connectivity index (χ3n) is 2.45. The Morgan fingerprint density at radius 2 is 1.83 bits per heavy atom. The minimum Gasteiger partial charge on any atom is -0.446 e. The molecule has 1 saturated carbocycles. The molecule has 1 fully saturated rings. The predicted molar refractivity (Wildman–Crippen MR) is 59.3 cm³/mol. The van der Waals surface area contributed by atoms with E-state index in [4.69, 9.17) is 9.29 Å². The van der Waals surface area contributed by atoms with Crippen LogP contribution in [0.1, 0.15) is 27.2 Å². The summed E-state index contributed by atoms with van der Waals surface area (Å²) in [6, 6.07) is 0. The van der Waals surface area contributed by atoms with Gasteiger partial charge in [0.1, 0.15) is 0 Å². The van der Waals surface area contributed by atoms with Gasteiger partial charge in [0.25, 0.3) is 10.1 Å². The van der Waals surface area contributed by atoms with Crippen LogP contribution in [0.3, 0.4) is 0 Å². The van der Waals surface area contributed by atoms with Crippen LogP contribution in [0.15, 0.2) is 0 Å². The van der Waals surface area contributed by atoms with E-state index in [0.29, 0.717) is 0 Å². The minimum atomic E-state index is -4.65. The Kier molecular flexibility index (Phi) is 3.64. The topological polar surface area (TPSA) is 115 Å². The zero-order valence-corrected chi connectivity index (χ0v) is 11.0. The lowest BCUT2D eigenvalue weighted by Gasteiger charge is -2.19. The fourth-order valence-corrected chi connectivity index (χ4v) is 2.17. The van der Waals surface area contributed by atoms with E-state index in [1.54, 1.807) is 0 Å². The molecule has 1 aliphatic rings. The van der Waals surface area contributed by atoms with Gasteiger partial charge in [0.2, 0.25) is 11.9 Å². The number of rotatable bonds is 2. The van der Waals surface area contributed by atoms with Gasteiger partial charge in [0.15, 0.2) is 11.0 Å². The third-order valence-corrected chi connectivity index (χ3v) is 3.57. The molecule has 2 unspecified atom stereocenters. The van der Waals surface area contributed by atoms with Crippen molar-refractivity contribution < 1.29 is 32.1 Å². The summed E-state index contributed by atoms with van der Waals surface area (Å²) >= 11 is 0. The fourth-order valence-electron chi connectivity index (χ4n) is 1.38. The average molecular weight is 278 g/mol. The van der Waals surface area contributed by atoms with Gasteiger partial charge in [-0.15, -0.1) is 0 Å². The van der Waals surface area contributed by atoms with E-state index < -0.39 is 50.8 Å². The molecule has 0 bridgehead atoms. The molecular weight excluding hydrogens is 264 g/mol. The van der Waals surface area contributed by atoms with Crippen LogP contribution >= 0.6 is 0 Å². The maximum atomic E-state index is 11.6. The number of carbonyl (C=O) groups excluding carboxylic acids is 3. The highest BCUT2D eigenvalue weighted by Crippen LogP contribution is 2.24. The van der Waals surface area contributed by atoms with Crippen LogP contribution in [0.25, 0.3) is 0 Å². The third kappa shape index (κ3) is 2.94. The first-order valence-corrected chi connectivity index (χ1v) is 6.68. The highest BCUT2D eigenvalue weighted by atomic mass is 32.2. The minimum absolute atomic E-state index is 0.667. The Labute approximate surface area is 104 Å². The summed E-state index contributed by atoms with van der Waals surface area (Å²) in [6.45, 7) is 4.58. The molecule has 102 valence electrons. The smallest absolute Gasteiger partial charge is 0.312 e. The van der Waals surface area contributed by atoms with Gasteiger partial charge < -0.3 is 4.74 Å². The van der Waals surface area contributed by atoms with Crippen LogP contribution in [0.5, 0.6) is 0 Å². The molecule has 0 aliphatic heterocycles. The van der Waals surface area contributed by atoms with Crippen molar-refractivity contribution in [2.24, 2.45) is 5.41 Å². The van der Waals surface area contributed by atoms with E-state index in [0.717, 1.165) is 0 Å². The van der Waals surface area contributed by atoms with Gasteiger partial charge in [-0.2, -0.15) is 8.42 Å². The molecule has 2 atom stereocenters. The highest BCUT2D eigenvalue weighted by Gasteiger charge is 2.50. The summed E-state index contributed by atoms with van der Waals surface area (Å²) in [5.41, 5.74) is -0.920. The van der Waals surface area contributed by atoms with Gasteiger partial charge in [-0.3, -0.25) is 18.9 Å². The first-order valence-electron chi connectivity index (χ1n) is 5.18. The van der Waals surface area contributed by atoms with Gasteiger partial charge in [0.05, 0.1) is 5.41 Å². The molecule has 0 aromatic rings. The molecule has 0 spiro atoms. The van der Waals surface area contributed by atoms with Crippen molar-refractivity contribution in [3.05, 3.63) is 0 Å². The summed E-state index contributed by atoms with van der Waals surface area (Å²) < 4.78 is 35.2. The van der Waals surface area contributed by atoms with Crippen molar-refractivity contribution in [3.8, 4) is 0 Å². The van der Waals surface area contributed by atoms with Crippen molar-refractivity contribution in [1.82, 2.24) is 0 Å². The van der Waals surface area contributed by atoms with Gasteiger partial charge in [-0.05, 0) is 20.8 Å². The largest absolute Gasteiger partial charge is 0.446 e. The number of esters is 1. The standard InChI is InChI=1S/C10H14O7S/c1-10(2,3)9(13)17-8-5(11)4-6(7(8)12)18(14,15)16/h6,8H,4H2,1-3H3,(H,14,15,16). The van der Waals surface area contributed by atoms with E-state index >= 15 is 0 Å². The summed E-state index contributed by atoms with van der Waals surface area (Å²) in [4.78, 5) is 34.5. The van der Waals surface area contributed by atoms with E-state index in [-0.39, 0.29) is 0 Å². The van der Waals surface area contributed by atoms with Crippen LogP contribution in [0, 0.1) is 5.41 Å². The second-order valence-corrected chi connectivity index (χ2v) is 6.71. The van der Waals surface area contributed by atoms with Crippen LogP contribution in [-0.4, -0.2) is 41.9 Å². The van der Waals surface area contributed by atoms with E-state index in [2.05, 4.69) is 0 Å². The number of ketones is 2. The Morgan fingerprint density at radius 1 is 1.33 bits per heavy atom. The van der Waals surface area contributed by atoms with Crippen molar-refractivity contribution in [1.29, 1.82) is 0 Å². The maximum Gasteiger partial charge on any atom is 0.312 e. The van der Waals surface area contributed by atoms with E-state index in [1.165, 1.54) is 20.8 Å². The summed E-state index contributed by atoms with van der Waals surface area (Å²) in [6.07, 6.45) is -2.40.